The van der Waals surface area contributed by atoms with E-state index in [1.807, 2.05) is 17.8 Å². The summed E-state index contributed by atoms with van der Waals surface area (Å²) in [6, 6.07) is 2.99. The smallest absolute Gasteiger partial charge is 0.315 e. The molecule has 1 aromatic heterocycles. The third kappa shape index (κ3) is 4.72. The number of urea groups is 1. The Hall–Kier alpha value is -1.56. The van der Waals surface area contributed by atoms with E-state index in [9.17, 15) is 4.79 Å². The van der Waals surface area contributed by atoms with Gasteiger partial charge in [0.2, 0.25) is 0 Å². The molecular formula is C18H31N5O. The molecule has 1 aromatic rings. The zero-order valence-electron chi connectivity index (χ0n) is 14.8. The predicted octanol–water partition coefficient (Wildman–Crippen LogP) is 2.06. The average Bonchev–Trinajstić information content (AvgIpc) is 3.01. The van der Waals surface area contributed by atoms with Gasteiger partial charge in [0.25, 0.3) is 0 Å². The molecule has 2 amide bonds. The Morgan fingerprint density at radius 2 is 2.08 bits per heavy atom. The first-order chi connectivity index (χ1) is 11.7. The van der Waals surface area contributed by atoms with Crippen LogP contribution in [0.15, 0.2) is 12.3 Å². The van der Waals surface area contributed by atoms with Crippen molar-refractivity contribution in [2.45, 2.75) is 63.5 Å². The summed E-state index contributed by atoms with van der Waals surface area (Å²) >= 11 is 0. The topological polar surface area (TPSA) is 62.2 Å². The van der Waals surface area contributed by atoms with Crippen molar-refractivity contribution in [1.29, 1.82) is 0 Å². The van der Waals surface area contributed by atoms with Gasteiger partial charge in [0.05, 0.1) is 0 Å². The summed E-state index contributed by atoms with van der Waals surface area (Å²) in [5.74, 6) is 0. The number of rotatable bonds is 5. The standard InChI is InChI=1S/C18H31N5O/c1-22-16(10-12-20-22)9-11-19-18(24)21-15-6-5-13-23(14-15)17-7-3-2-4-8-17/h10,12,15,17H,2-9,11,13-14H2,1H3,(H2,19,21,24)/t15-/m1/s1. The number of nitrogens with zero attached hydrogens (tertiary/aromatic N) is 3. The minimum atomic E-state index is -0.0346. The Labute approximate surface area is 145 Å². The van der Waals surface area contributed by atoms with E-state index in [0.29, 0.717) is 6.54 Å². The highest BCUT2D eigenvalue weighted by molar-refractivity contribution is 5.74. The summed E-state index contributed by atoms with van der Waals surface area (Å²) in [5.41, 5.74) is 1.14. The van der Waals surface area contributed by atoms with Gasteiger partial charge in [-0.1, -0.05) is 19.3 Å². The van der Waals surface area contributed by atoms with Crippen molar-refractivity contribution in [3.63, 3.8) is 0 Å². The van der Waals surface area contributed by atoms with Crippen LogP contribution in [0.5, 0.6) is 0 Å². The normalized spacial score (nSPS) is 23.1. The third-order valence-corrected chi connectivity index (χ3v) is 5.47. The molecule has 1 atom stereocenters. The van der Waals surface area contributed by atoms with E-state index in [2.05, 4.69) is 20.6 Å². The van der Waals surface area contributed by atoms with Crippen molar-refractivity contribution in [2.24, 2.45) is 7.05 Å². The van der Waals surface area contributed by atoms with Crippen LogP contribution in [0, 0.1) is 0 Å². The van der Waals surface area contributed by atoms with Crippen LogP contribution in [-0.2, 0) is 13.5 Å². The summed E-state index contributed by atoms with van der Waals surface area (Å²) in [7, 11) is 1.93. The summed E-state index contributed by atoms with van der Waals surface area (Å²) in [6.07, 6.45) is 11.7. The average molecular weight is 333 g/mol. The Bertz CT molecular complexity index is 523. The van der Waals surface area contributed by atoms with Gasteiger partial charge < -0.3 is 10.6 Å². The molecule has 1 saturated carbocycles. The number of hydrogen-bond acceptors (Lipinski definition) is 3. The molecule has 0 radical (unpaired) electrons. The number of piperidine rings is 1. The van der Waals surface area contributed by atoms with Gasteiger partial charge in [0, 0.05) is 50.5 Å². The SMILES string of the molecule is Cn1nccc1CCNC(=O)N[C@@H]1CCCN(C2CCCCC2)C1. The van der Waals surface area contributed by atoms with E-state index in [4.69, 9.17) is 0 Å². The highest BCUT2D eigenvalue weighted by Crippen LogP contribution is 2.25. The molecule has 2 aliphatic rings. The molecule has 0 aromatic carbocycles. The van der Waals surface area contributed by atoms with Gasteiger partial charge in [0.1, 0.15) is 0 Å². The molecule has 1 aliphatic carbocycles. The quantitative estimate of drug-likeness (QED) is 0.867. The number of carbonyl (C=O) groups is 1. The van der Waals surface area contributed by atoms with Crippen LogP contribution in [0.4, 0.5) is 4.79 Å². The molecule has 2 fully saturated rings. The van der Waals surface area contributed by atoms with Crippen LogP contribution in [0.25, 0.3) is 0 Å². The van der Waals surface area contributed by atoms with E-state index in [1.165, 1.54) is 45.1 Å². The molecule has 134 valence electrons. The molecule has 1 aliphatic heterocycles. The van der Waals surface area contributed by atoms with Crippen LogP contribution in [0.3, 0.4) is 0 Å². The molecule has 24 heavy (non-hydrogen) atoms. The van der Waals surface area contributed by atoms with Crippen molar-refractivity contribution >= 4 is 6.03 Å². The van der Waals surface area contributed by atoms with Crippen LogP contribution >= 0.6 is 0 Å². The van der Waals surface area contributed by atoms with Crippen molar-refractivity contribution in [2.75, 3.05) is 19.6 Å². The molecule has 2 heterocycles. The molecule has 1 saturated heterocycles. The number of amides is 2. The van der Waals surface area contributed by atoms with Gasteiger partial charge in [-0.3, -0.25) is 9.58 Å². The van der Waals surface area contributed by atoms with Crippen molar-refractivity contribution in [3.8, 4) is 0 Å². The van der Waals surface area contributed by atoms with E-state index < -0.39 is 0 Å². The second kappa shape index (κ2) is 8.51. The molecule has 2 N–H and O–H groups in total. The fourth-order valence-electron chi connectivity index (χ4n) is 4.09. The van der Waals surface area contributed by atoms with E-state index in [0.717, 1.165) is 31.1 Å². The number of nitrogens with one attached hydrogen (secondary N) is 2. The fourth-order valence-corrected chi connectivity index (χ4v) is 4.09. The van der Waals surface area contributed by atoms with Gasteiger partial charge in [-0.15, -0.1) is 0 Å². The Morgan fingerprint density at radius 3 is 2.83 bits per heavy atom. The van der Waals surface area contributed by atoms with Crippen molar-refractivity contribution in [3.05, 3.63) is 18.0 Å². The predicted molar refractivity (Wildman–Crippen MR) is 94.9 cm³/mol. The van der Waals surface area contributed by atoms with Gasteiger partial charge in [-0.25, -0.2) is 4.79 Å². The number of carbonyl (C=O) groups excluding carboxylic acids is 1. The molecule has 0 unspecified atom stereocenters. The van der Waals surface area contributed by atoms with E-state index in [-0.39, 0.29) is 12.1 Å². The van der Waals surface area contributed by atoms with E-state index in [1.54, 1.807) is 6.20 Å². The van der Waals surface area contributed by atoms with Crippen molar-refractivity contribution in [1.82, 2.24) is 25.3 Å². The molecule has 0 bridgehead atoms. The molecule has 6 heteroatoms. The molecule has 6 nitrogen and oxygen atoms in total. The van der Waals surface area contributed by atoms with Crippen LogP contribution in [0.2, 0.25) is 0 Å². The summed E-state index contributed by atoms with van der Waals surface area (Å²) < 4.78 is 1.85. The molecular weight excluding hydrogens is 302 g/mol. The van der Waals surface area contributed by atoms with Crippen molar-refractivity contribution < 1.29 is 4.79 Å². The third-order valence-electron chi connectivity index (χ3n) is 5.47. The first-order valence-corrected chi connectivity index (χ1v) is 9.47. The van der Waals surface area contributed by atoms with E-state index >= 15 is 0 Å². The lowest BCUT2D eigenvalue weighted by molar-refractivity contribution is 0.112. The number of hydrogen-bond donors (Lipinski definition) is 2. The summed E-state index contributed by atoms with van der Waals surface area (Å²) in [6.45, 7) is 2.86. The molecule has 0 spiro atoms. The first-order valence-electron chi connectivity index (χ1n) is 9.47. The Kier molecular flexibility index (Phi) is 6.12. The highest BCUT2D eigenvalue weighted by atomic mass is 16.2. The number of likely N-dealkylation sites (tertiary alicyclic amines) is 1. The summed E-state index contributed by atoms with van der Waals surface area (Å²) in [5, 5.41) is 10.3. The fraction of sp³-hybridized carbons (Fsp3) is 0.778. The zero-order chi connectivity index (χ0) is 16.8. The Balaban J connectivity index is 1.38. The lowest BCUT2D eigenvalue weighted by atomic mass is 9.92. The lowest BCUT2D eigenvalue weighted by Crippen LogP contribution is -2.53. The lowest BCUT2D eigenvalue weighted by Gasteiger charge is -2.40. The monoisotopic (exact) mass is 333 g/mol. The largest absolute Gasteiger partial charge is 0.338 e. The second-order valence-electron chi connectivity index (χ2n) is 7.22. The maximum atomic E-state index is 12.1. The van der Waals surface area contributed by atoms with Gasteiger partial charge in [-0.2, -0.15) is 5.10 Å². The number of aryl methyl sites for hydroxylation is 1. The zero-order valence-corrected chi connectivity index (χ0v) is 14.8. The minimum absolute atomic E-state index is 0.0346. The van der Waals surface area contributed by atoms with Gasteiger partial charge in [0.15, 0.2) is 0 Å². The molecule has 3 rings (SSSR count). The van der Waals surface area contributed by atoms with Gasteiger partial charge >= 0.3 is 6.03 Å². The second-order valence-corrected chi connectivity index (χ2v) is 7.22. The van der Waals surface area contributed by atoms with Crippen LogP contribution in [-0.4, -0.2) is 52.4 Å². The summed E-state index contributed by atoms with van der Waals surface area (Å²) in [4.78, 5) is 14.8. The highest BCUT2D eigenvalue weighted by Gasteiger charge is 2.27. The maximum absolute atomic E-state index is 12.1. The maximum Gasteiger partial charge on any atom is 0.315 e. The van der Waals surface area contributed by atoms with Gasteiger partial charge in [-0.05, 0) is 38.3 Å². The Morgan fingerprint density at radius 1 is 1.25 bits per heavy atom. The van der Waals surface area contributed by atoms with Crippen LogP contribution in [0.1, 0.15) is 50.6 Å². The van der Waals surface area contributed by atoms with Crippen LogP contribution < -0.4 is 10.6 Å². The minimum Gasteiger partial charge on any atom is -0.338 e. The number of aromatic nitrogens is 2. The first kappa shape index (κ1) is 17.3.